The van der Waals surface area contributed by atoms with Crippen LogP contribution in [-0.4, -0.2) is 28.8 Å². The first kappa shape index (κ1) is 11.6. The highest BCUT2D eigenvalue weighted by Crippen LogP contribution is 2.10. The van der Waals surface area contributed by atoms with Gasteiger partial charge in [0.15, 0.2) is 0 Å². The van der Waals surface area contributed by atoms with Gasteiger partial charge in [-0.15, -0.1) is 11.3 Å². The number of nitrogens with zero attached hydrogens (tertiary/aromatic N) is 1. The molecule has 80 valence electrons. The van der Waals surface area contributed by atoms with E-state index in [1.165, 1.54) is 0 Å². The van der Waals surface area contributed by atoms with E-state index in [1.54, 1.807) is 11.3 Å². The van der Waals surface area contributed by atoms with Crippen molar-refractivity contribution in [3.05, 3.63) is 16.1 Å². The van der Waals surface area contributed by atoms with E-state index in [1.807, 2.05) is 12.3 Å². The number of hydrogen-bond donors (Lipinski definition) is 2. The summed E-state index contributed by atoms with van der Waals surface area (Å²) in [5.41, 5.74) is 1.04. The summed E-state index contributed by atoms with van der Waals surface area (Å²) in [5, 5.41) is 15.9. The largest absolute Gasteiger partial charge is 0.391 e. The molecule has 1 atom stereocenters. The summed E-state index contributed by atoms with van der Waals surface area (Å²) >= 11 is 1.61. The van der Waals surface area contributed by atoms with E-state index in [4.69, 9.17) is 0 Å². The number of hydrogen-bond acceptors (Lipinski definition) is 4. The summed E-state index contributed by atoms with van der Waals surface area (Å²) in [6, 6.07) is 0.419. The summed E-state index contributed by atoms with van der Waals surface area (Å²) < 4.78 is 0. The maximum Gasteiger partial charge on any atom is 0.0954 e. The van der Waals surface area contributed by atoms with Gasteiger partial charge in [-0.25, -0.2) is 4.98 Å². The number of rotatable bonds is 5. The fraction of sp³-hybridized carbons (Fsp3) is 0.700. The second kappa shape index (κ2) is 5.44. The monoisotopic (exact) mass is 214 g/mol. The van der Waals surface area contributed by atoms with Crippen molar-refractivity contribution >= 4 is 11.3 Å². The Morgan fingerprint density at radius 3 is 2.79 bits per heavy atom. The van der Waals surface area contributed by atoms with Crippen LogP contribution in [-0.2, 0) is 6.42 Å². The molecule has 0 saturated carbocycles. The SMILES string of the molecule is Cc1csc(CC(O)CNC(C)C)n1. The van der Waals surface area contributed by atoms with E-state index in [0.29, 0.717) is 19.0 Å². The summed E-state index contributed by atoms with van der Waals surface area (Å²) in [7, 11) is 0. The molecule has 0 amide bonds. The number of nitrogens with one attached hydrogen (secondary N) is 1. The van der Waals surface area contributed by atoms with Gasteiger partial charge in [-0.1, -0.05) is 13.8 Å². The zero-order chi connectivity index (χ0) is 10.6. The zero-order valence-corrected chi connectivity index (χ0v) is 9.77. The van der Waals surface area contributed by atoms with E-state index in [2.05, 4.69) is 24.1 Å². The first-order chi connectivity index (χ1) is 6.58. The fourth-order valence-corrected chi connectivity index (χ4v) is 1.99. The van der Waals surface area contributed by atoms with Crippen molar-refractivity contribution in [2.24, 2.45) is 0 Å². The first-order valence-electron chi connectivity index (χ1n) is 4.90. The van der Waals surface area contributed by atoms with Gasteiger partial charge >= 0.3 is 0 Å². The Kier molecular flexibility index (Phi) is 4.51. The van der Waals surface area contributed by atoms with Gasteiger partial charge < -0.3 is 10.4 Å². The maximum absolute atomic E-state index is 9.66. The lowest BCUT2D eigenvalue weighted by Gasteiger charge is -2.12. The minimum Gasteiger partial charge on any atom is -0.391 e. The lowest BCUT2D eigenvalue weighted by Crippen LogP contribution is -2.32. The normalized spacial score (nSPS) is 13.5. The third-order valence-corrected chi connectivity index (χ3v) is 2.83. The van der Waals surface area contributed by atoms with Gasteiger partial charge in [-0.3, -0.25) is 0 Å². The molecule has 1 heterocycles. The fourth-order valence-electron chi connectivity index (χ4n) is 1.14. The molecule has 2 N–H and O–H groups in total. The maximum atomic E-state index is 9.66. The molecule has 0 radical (unpaired) electrons. The van der Waals surface area contributed by atoms with E-state index >= 15 is 0 Å². The Labute approximate surface area is 89.2 Å². The van der Waals surface area contributed by atoms with Gasteiger partial charge in [-0.2, -0.15) is 0 Å². The molecule has 0 aliphatic carbocycles. The van der Waals surface area contributed by atoms with Crippen LogP contribution in [0.5, 0.6) is 0 Å². The minimum absolute atomic E-state index is 0.331. The third kappa shape index (κ3) is 4.17. The average molecular weight is 214 g/mol. The second-order valence-electron chi connectivity index (χ2n) is 3.80. The summed E-state index contributed by atoms with van der Waals surface area (Å²) in [4.78, 5) is 4.31. The molecule has 14 heavy (non-hydrogen) atoms. The molecule has 0 fully saturated rings. The van der Waals surface area contributed by atoms with Crippen LogP contribution in [0.25, 0.3) is 0 Å². The topological polar surface area (TPSA) is 45.1 Å². The standard InChI is InChI=1S/C10H18N2OS/c1-7(2)11-5-9(13)4-10-12-8(3)6-14-10/h6-7,9,11,13H,4-5H2,1-3H3. The third-order valence-electron chi connectivity index (χ3n) is 1.84. The van der Waals surface area contributed by atoms with Crippen LogP contribution in [0, 0.1) is 6.92 Å². The van der Waals surface area contributed by atoms with Crippen LogP contribution in [0.1, 0.15) is 24.5 Å². The molecule has 1 aromatic heterocycles. The molecule has 0 bridgehead atoms. The van der Waals surface area contributed by atoms with Crippen molar-refractivity contribution in [3.8, 4) is 0 Å². The van der Waals surface area contributed by atoms with Crippen LogP contribution in [0.3, 0.4) is 0 Å². The molecule has 1 aromatic rings. The molecule has 1 rings (SSSR count). The van der Waals surface area contributed by atoms with Gasteiger partial charge in [0, 0.05) is 30.1 Å². The van der Waals surface area contributed by atoms with Gasteiger partial charge in [0.1, 0.15) is 0 Å². The Morgan fingerprint density at radius 1 is 1.57 bits per heavy atom. The van der Waals surface area contributed by atoms with Crippen molar-refractivity contribution in [3.63, 3.8) is 0 Å². The first-order valence-corrected chi connectivity index (χ1v) is 5.78. The smallest absolute Gasteiger partial charge is 0.0954 e. The molecule has 0 aliphatic rings. The molecular weight excluding hydrogens is 196 g/mol. The van der Waals surface area contributed by atoms with Crippen molar-refractivity contribution in [2.75, 3.05) is 6.54 Å². The average Bonchev–Trinajstić information content (AvgIpc) is 2.48. The van der Waals surface area contributed by atoms with Crippen molar-refractivity contribution < 1.29 is 5.11 Å². The summed E-state index contributed by atoms with van der Waals surface area (Å²) in [6.45, 7) is 6.75. The second-order valence-corrected chi connectivity index (χ2v) is 4.75. The Morgan fingerprint density at radius 2 is 2.29 bits per heavy atom. The van der Waals surface area contributed by atoms with Crippen LogP contribution < -0.4 is 5.32 Å². The Balaban J connectivity index is 2.30. The van der Waals surface area contributed by atoms with Crippen molar-refractivity contribution in [1.29, 1.82) is 0 Å². The van der Waals surface area contributed by atoms with Crippen molar-refractivity contribution in [2.45, 2.75) is 39.3 Å². The Bertz CT molecular complexity index is 273. The highest BCUT2D eigenvalue weighted by Gasteiger charge is 2.08. The highest BCUT2D eigenvalue weighted by atomic mass is 32.1. The number of aliphatic hydroxyl groups is 1. The van der Waals surface area contributed by atoms with Gasteiger partial charge in [-0.05, 0) is 6.92 Å². The predicted molar refractivity (Wildman–Crippen MR) is 59.7 cm³/mol. The lowest BCUT2D eigenvalue weighted by molar-refractivity contribution is 0.169. The quantitative estimate of drug-likeness (QED) is 0.778. The van der Waals surface area contributed by atoms with E-state index < -0.39 is 0 Å². The summed E-state index contributed by atoms with van der Waals surface area (Å²) in [6.07, 6.45) is 0.320. The number of aryl methyl sites for hydroxylation is 1. The molecule has 0 saturated heterocycles. The van der Waals surface area contributed by atoms with E-state index in [0.717, 1.165) is 10.7 Å². The zero-order valence-electron chi connectivity index (χ0n) is 8.95. The van der Waals surface area contributed by atoms with Gasteiger partial charge in [0.2, 0.25) is 0 Å². The molecule has 1 unspecified atom stereocenters. The van der Waals surface area contributed by atoms with Crippen LogP contribution in [0.15, 0.2) is 5.38 Å². The molecule has 3 nitrogen and oxygen atoms in total. The van der Waals surface area contributed by atoms with E-state index in [9.17, 15) is 5.11 Å². The van der Waals surface area contributed by atoms with Gasteiger partial charge in [0.25, 0.3) is 0 Å². The highest BCUT2D eigenvalue weighted by molar-refractivity contribution is 7.09. The summed E-state index contributed by atoms with van der Waals surface area (Å²) in [5.74, 6) is 0. The van der Waals surface area contributed by atoms with Crippen LogP contribution >= 0.6 is 11.3 Å². The number of thiazole rings is 1. The molecule has 0 aromatic carbocycles. The van der Waals surface area contributed by atoms with Crippen LogP contribution in [0.2, 0.25) is 0 Å². The molecule has 0 aliphatic heterocycles. The molecular formula is C10H18N2OS. The number of aliphatic hydroxyl groups excluding tert-OH is 1. The minimum atomic E-state index is -0.331. The van der Waals surface area contributed by atoms with Crippen LogP contribution in [0.4, 0.5) is 0 Å². The predicted octanol–water partition coefficient (Wildman–Crippen LogP) is 1.35. The Hall–Kier alpha value is -0.450. The van der Waals surface area contributed by atoms with Gasteiger partial charge in [0.05, 0.1) is 11.1 Å². The van der Waals surface area contributed by atoms with E-state index in [-0.39, 0.29) is 6.10 Å². The number of aromatic nitrogens is 1. The lowest BCUT2D eigenvalue weighted by atomic mass is 10.2. The molecule has 0 spiro atoms. The van der Waals surface area contributed by atoms with Crippen molar-refractivity contribution in [1.82, 2.24) is 10.3 Å². The molecule has 4 heteroatoms.